The lowest BCUT2D eigenvalue weighted by molar-refractivity contribution is 0.779. The smallest absolute Gasteiger partial charge is 0.125 e. The third-order valence-electron chi connectivity index (χ3n) is 3.42. The Kier molecular flexibility index (Phi) is 3.16. The summed E-state index contributed by atoms with van der Waals surface area (Å²) in [6.07, 6.45) is 0. The normalized spacial score (nSPS) is 11.2. The number of hydrogen-bond acceptors (Lipinski definition) is 2. The molecule has 2 N–H and O–H groups in total. The summed E-state index contributed by atoms with van der Waals surface area (Å²) in [4.78, 5) is 0. The summed E-state index contributed by atoms with van der Waals surface area (Å²) in [6.45, 7) is 8.56. The Hall–Kier alpha value is -1.77. The van der Waals surface area contributed by atoms with Crippen molar-refractivity contribution < 1.29 is 0 Å². The summed E-state index contributed by atoms with van der Waals surface area (Å²) in [5.41, 5.74) is 12.0. The lowest BCUT2D eigenvalue weighted by atomic mass is 9.93. The van der Waals surface area contributed by atoms with Crippen LogP contribution in [-0.2, 0) is 7.05 Å². The molecule has 1 heterocycles. The van der Waals surface area contributed by atoms with Gasteiger partial charge in [-0.2, -0.15) is 5.10 Å². The highest BCUT2D eigenvalue weighted by Gasteiger charge is 2.20. The first-order chi connectivity index (χ1) is 8.43. The molecule has 0 spiro atoms. The third-order valence-corrected chi connectivity index (χ3v) is 3.42. The molecule has 0 aliphatic carbocycles. The van der Waals surface area contributed by atoms with Gasteiger partial charge >= 0.3 is 0 Å². The van der Waals surface area contributed by atoms with Gasteiger partial charge in [0.05, 0.1) is 5.69 Å². The Balaban J connectivity index is 2.76. The summed E-state index contributed by atoms with van der Waals surface area (Å²) in [5, 5.41) is 4.62. The second-order valence-electron chi connectivity index (χ2n) is 5.19. The molecule has 0 bridgehead atoms. The number of rotatable bonds is 2. The number of benzene rings is 1. The number of nitrogen functional groups attached to an aromatic ring is 1. The van der Waals surface area contributed by atoms with E-state index in [-0.39, 0.29) is 0 Å². The molecule has 1 aromatic carbocycles. The Labute approximate surface area is 109 Å². The maximum Gasteiger partial charge on any atom is 0.125 e. The van der Waals surface area contributed by atoms with E-state index < -0.39 is 0 Å². The van der Waals surface area contributed by atoms with Crippen LogP contribution in [0.5, 0.6) is 0 Å². The van der Waals surface area contributed by atoms with Crippen LogP contribution in [0.3, 0.4) is 0 Å². The first kappa shape index (κ1) is 12.7. The number of aromatic nitrogens is 2. The van der Waals surface area contributed by atoms with Crippen LogP contribution in [0.1, 0.15) is 36.5 Å². The van der Waals surface area contributed by atoms with Crippen molar-refractivity contribution in [1.29, 1.82) is 0 Å². The van der Waals surface area contributed by atoms with Crippen LogP contribution in [0, 0.1) is 13.8 Å². The molecule has 0 amide bonds. The van der Waals surface area contributed by atoms with E-state index in [0.717, 1.165) is 17.1 Å². The molecule has 0 aliphatic rings. The van der Waals surface area contributed by atoms with Gasteiger partial charge in [-0.15, -0.1) is 0 Å². The van der Waals surface area contributed by atoms with Gasteiger partial charge < -0.3 is 5.73 Å². The lowest BCUT2D eigenvalue weighted by Gasteiger charge is -2.11. The fraction of sp³-hybridized carbons (Fsp3) is 0.400. The molecule has 1 aromatic heterocycles. The van der Waals surface area contributed by atoms with Gasteiger partial charge in [0, 0.05) is 18.2 Å². The van der Waals surface area contributed by atoms with Crippen LogP contribution >= 0.6 is 0 Å². The Bertz CT molecular complexity index is 559. The van der Waals surface area contributed by atoms with Gasteiger partial charge in [0.1, 0.15) is 5.82 Å². The zero-order chi connectivity index (χ0) is 13.4. The molecule has 3 heteroatoms. The quantitative estimate of drug-likeness (QED) is 0.878. The van der Waals surface area contributed by atoms with Crippen LogP contribution in [0.2, 0.25) is 0 Å². The number of nitrogens with two attached hydrogens (primary N) is 1. The van der Waals surface area contributed by atoms with Crippen LogP contribution in [0.15, 0.2) is 18.2 Å². The minimum Gasteiger partial charge on any atom is -0.384 e. The Morgan fingerprint density at radius 2 is 1.72 bits per heavy atom. The minimum atomic E-state index is 0.368. The van der Waals surface area contributed by atoms with Gasteiger partial charge in [0.15, 0.2) is 0 Å². The predicted molar refractivity (Wildman–Crippen MR) is 76.6 cm³/mol. The average Bonchev–Trinajstić information content (AvgIpc) is 2.55. The van der Waals surface area contributed by atoms with Crippen molar-refractivity contribution in [3.05, 3.63) is 34.9 Å². The van der Waals surface area contributed by atoms with Crippen molar-refractivity contribution in [1.82, 2.24) is 9.78 Å². The topological polar surface area (TPSA) is 43.8 Å². The van der Waals surface area contributed by atoms with Crippen LogP contribution < -0.4 is 5.73 Å². The van der Waals surface area contributed by atoms with Gasteiger partial charge in [-0.25, -0.2) is 0 Å². The van der Waals surface area contributed by atoms with Crippen LogP contribution in [-0.4, -0.2) is 9.78 Å². The zero-order valence-electron chi connectivity index (χ0n) is 11.8. The summed E-state index contributed by atoms with van der Waals surface area (Å²) in [6, 6.07) is 6.32. The van der Waals surface area contributed by atoms with E-state index in [4.69, 9.17) is 5.73 Å². The molecule has 0 saturated carbocycles. The predicted octanol–water partition coefficient (Wildman–Crippen LogP) is 3.41. The lowest BCUT2D eigenvalue weighted by Crippen LogP contribution is -2.00. The highest BCUT2D eigenvalue weighted by molar-refractivity contribution is 5.74. The van der Waals surface area contributed by atoms with Crippen molar-refractivity contribution in [3.63, 3.8) is 0 Å². The molecule has 3 nitrogen and oxygen atoms in total. The van der Waals surface area contributed by atoms with E-state index in [2.05, 4.69) is 51.0 Å². The summed E-state index contributed by atoms with van der Waals surface area (Å²) in [5.74, 6) is 1.13. The second kappa shape index (κ2) is 4.48. The average molecular weight is 243 g/mol. The van der Waals surface area contributed by atoms with Gasteiger partial charge in [0.25, 0.3) is 0 Å². The first-order valence-electron chi connectivity index (χ1n) is 6.32. The van der Waals surface area contributed by atoms with Gasteiger partial charge in [0.2, 0.25) is 0 Å². The Morgan fingerprint density at radius 1 is 1.17 bits per heavy atom. The maximum absolute atomic E-state index is 6.14. The molecule has 0 unspecified atom stereocenters. The molecule has 0 radical (unpaired) electrons. The van der Waals surface area contributed by atoms with Crippen LogP contribution in [0.4, 0.5) is 5.82 Å². The van der Waals surface area contributed by atoms with Gasteiger partial charge in [-0.1, -0.05) is 32.0 Å². The van der Waals surface area contributed by atoms with E-state index in [0.29, 0.717) is 5.92 Å². The van der Waals surface area contributed by atoms with Crippen molar-refractivity contribution in [3.8, 4) is 11.3 Å². The minimum absolute atomic E-state index is 0.368. The van der Waals surface area contributed by atoms with Crippen molar-refractivity contribution in [2.75, 3.05) is 5.73 Å². The molecule has 96 valence electrons. The molecule has 2 aromatic rings. The molecule has 0 saturated heterocycles. The van der Waals surface area contributed by atoms with E-state index in [1.54, 1.807) is 4.68 Å². The highest BCUT2D eigenvalue weighted by Crippen LogP contribution is 2.35. The van der Waals surface area contributed by atoms with E-state index in [9.17, 15) is 0 Å². The molecular weight excluding hydrogens is 222 g/mol. The first-order valence-corrected chi connectivity index (χ1v) is 6.32. The fourth-order valence-electron chi connectivity index (χ4n) is 2.50. The molecule has 0 aliphatic heterocycles. The summed E-state index contributed by atoms with van der Waals surface area (Å²) >= 11 is 0. The number of nitrogens with zero attached hydrogens (tertiary/aromatic N) is 2. The maximum atomic E-state index is 6.14. The SMILES string of the molecule is Cc1cccc(C)c1-c1nn(C)c(N)c1C(C)C. The van der Waals surface area contributed by atoms with Gasteiger partial charge in [-0.3, -0.25) is 4.68 Å². The summed E-state index contributed by atoms with van der Waals surface area (Å²) in [7, 11) is 1.90. The van der Waals surface area contributed by atoms with Crippen molar-refractivity contribution in [2.24, 2.45) is 7.05 Å². The van der Waals surface area contributed by atoms with E-state index >= 15 is 0 Å². The monoisotopic (exact) mass is 243 g/mol. The van der Waals surface area contributed by atoms with Gasteiger partial charge in [-0.05, 0) is 30.9 Å². The number of hydrogen-bond donors (Lipinski definition) is 1. The number of anilines is 1. The largest absolute Gasteiger partial charge is 0.384 e. The Morgan fingerprint density at radius 3 is 2.22 bits per heavy atom. The second-order valence-corrected chi connectivity index (χ2v) is 5.19. The molecule has 2 rings (SSSR count). The molecule has 0 atom stereocenters. The van der Waals surface area contributed by atoms with E-state index in [1.165, 1.54) is 16.7 Å². The van der Waals surface area contributed by atoms with Crippen molar-refractivity contribution in [2.45, 2.75) is 33.6 Å². The number of aryl methyl sites for hydroxylation is 3. The fourth-order valence-corrected chi connectivity index (χ4v) is 2.50. The molecule has 0 fully saturated rings. The standard InChI is InChI=1S/C15H21N3/c1-9(2)12-14(17-18(5)15(12)16)13-10(3)7-6-8-11(13)4/h6-9H,16H2,1-5H3. The van der Waals surface area contributed by atoms with E-state index in [1.807, 2.05) is 7.05 Å². The van der Waals surface area contributed by atoms with Crippen LogP contribution in [0.25, 0.3) is 11.3 Å². The summed E-state index contributed by atoms with van der Waals surface area (Å²) < 4.78 is 1.77. The highest BCUT2D eigenvalue weighted by atomic mass is 15.3. The molecular formula is C15H21N3. The zero-order valence-corrected chi connectivity index (χ0v) is 11.8. The van der Waals surface area contributed by atoms with Crippen molar-refractivity contribution >= 4 is 5.82 Å². The molecule has 18 heavy (non-hydrogen) atoms. The third kappa shape index (κ3) is 1.90.